The van der Waals surface area contributed by atoms with Crippen LogP contribution >= 0.6 is 0 Å². The molecule has 0 aliphatic carbocycles. The molecule has 1 nitrogen and oxygen atoms in total. The lowest BCUT2D eigenvalue weighted by Crippen LogP contribution is -2.34. The van der Waals surface area contributed by atoms with Gasteiger partial charge in [-0.1, -0.05) is 19.1 Å². The number of likely N-dealkylation sites (tertiary alicyclic amines) is 1. The molecule has 1 heterocycles. The Morgan fingerprint density at radius 1 is 1.19 bits per heavy atom. The van der Waals surface area contributed by atoms with Gasteiger partial charge < -0.3 is 4.90 Å². The average molecular weight is 221 g/mol. The molecule has 0 unspecified atom stereocenters. The van der Waals surface area contributed by atoms with Crippen molar-refractivity contribution in [2.75, 3.05) is 19.6 Å². The highest BCUT2D eigenvalue weighted by Gasteiger charge is 2.17. The largest absolute Gasteiger partial charge is 0.304 e. The zero-order valence-corrected chi connectivity index (χ0v) is 9.95. The summed E-state index contributed by atoms with van der Waals surface area (Å²) in [5, 5.41) is 0. The van der Waals surface area contributed by atoms with Crippen molar-refractivity contribution < 1.29 is 4.39 Å². The molecule has 0 atom stereocenters. The van der Waals surface area contributed by atoms with Crippen LogP contribution in [-0.4, -0.2) is 24.5 Å². The third-order valence-electron chi connectivity index (χ3n) is 3.59. The summed E-state index contributed by atoms with van der Waals surface area (Å²) in [4.78, 5) is 2.50. The maximum Gasteiger partial charge on any atom is 0.123 e. The van der Waals surface area contributed by atoms with E-state index in [2.05, 4.69) is 11.8 Å². The van der Waals surface area contributed by atoms with Gasteiger partial charge in [-0.2, -0.15) is 0 Å². The second kappa shape index (κ2) is 5.44. The van der Waals surface area contributed by atoms with Crippen LogP contribution in [0.5, 0.6) is 0 Å². The first kappa shape index (κ1) is 11.6. The molecule has 1 saturated heterocycles. The molecule has 1 fully saturated rings. The van der Waals surface area contributed by atoms with E-state index >= 15 is 0 Å². The van der Waals surface area contributed by atoms with Crippen molar-refractivity contribution in [3.8, 4) is 0 Å². The summed E-state index contributed by atoms with van der Waals surface area (Å²) in [5.74, 6) is 0.651. The monoisotopic (exact) mass is 221 g/mol. The summed E-state index contributed by atoms with van der Waals surface area (Å²) in [6.45, 7) is 5.84. The smallest absolute Gasteiger partial charge is 0.123 e. The van der Waals surface area contributed by atoms with Crippen molar-refractivity contribution in [2.24, 2.45) is 5.92 Å². The first-order valence-electron chi connectivity index (χ1n) is 6.24. The number of benzene rings is 1. The van der Waals surface area contributed by atoms with Crippen molar-refractivity contribution in [2.45, 2.75) is 26.2 Å². The van der Waals surface area contributed by atoms with E-state index < -0.39 is 0 Å². The summed E-state index contributed by atoms with van der Waals surface area (Å²) in [6.07, 6.45) is 3.67. The van der Waals surface area contributed by atoms with E-state index in [1.54, 1.807) is 12.1 Å². The molecule has 0 radical (unpaired) electrons. The first-order valence-corrected chi connectivity index (χ1v) is 6.24. The number of piperidine rings is 1. The Hall–Kier alpha value is -0.890. The molecule has 2 heteroatoms. The molecule has 0 spiro atoms. The molecule has 2 rings (SSSR count). The maximum absolute atomic E-state index is 12.8. The lowest BCUT2D eigenvalue weighted by atomic mass is 9.90. The predicted molar refractivity (Wildman–Crippen MR) is 64.9 cm³/mol. The standard InChI is InChI=1S/C14H20FN/c1-2-16-9-7-13(8-10-16)11-12-3-5-14(15)6-4-12/h3-6,13H,2,7-11H2,1H3. The Morgan fingerprint density at radius 2 is 1.81 bits per heavy atom. The van der Waals surface area contributed by atoms with Crippen LogP contribution in [0.25, 0.3) is 0 Å². The number of hydrogen-bond donors (Lipinski definition) is 0. The van der Waals surface area contributed by atoms with E-state index in [1.165, 1.54) is 38.0 Å². The minimum absolute atomic E-state index is 0.135. The van der Waals surface area contributed by atoms with Crippen LogP contribution in [0.2, 0.25) is 0 Å². The second-order valence-corrected chi connectivity index (χ2v) is 4.71. The third-order valence-corrected chi connectivity index (χ3v) is 3.59. The highest BCUT2D eigenvalue weighted by Crippen LogP contribution is 2.21. The molecule has 1 aliphatic rings. The van der Waals surface area contributed by atoms with E-state index in [-0.39, 0.29) is 5.82 Å². The van der Waals surface area contributed by atoms with Crippen LogP contribution in [0.1, 0.15) is 25.3 Å². The number of rotatable bonds is 3. The average Bonchev–Trinajstić information content (AvgIpc) is 2.33. The molecular formula is C14H20FN. The Labute approximate surface area is 97.3 Å². The van der Waals surface area contributed by atoms with Crippen molar-refractivity contribution >= 4 is 0 Å². The van der Waals surface area contributed by atoms with Crippen LogP contribution in [0.15, 0.2) is 24.3 Å². The molecule has 0 saturated carbocycles. The fraction of sp³-hybridized carbons (Fsp3) is 0.571. The van der Waals surface area contributed by atoms with E-state index in [0.717, 1.165) is 12.3 Å². The molecule has 1 aliphatic heterocycles. The summed E-state index contributed by atoms with van der Waals surface area (Å²) >= 11 is 0. The van der Waals surface area contributed by atoms with Gasteiger partial charge in [0.15, 0.2) is 0 Å². The summed E-state index contributed by atoms with van der Waals surface area (Å²) in [5.41, 5.74) is 1.27. The van der Waals surface area contributed by atoms with Crippen LogP contribution in [0, 0.1) is 11.7 Å². The molecule has 0 amide bonds. The van der Waals surface area contributed by atoms with Crippen LogP contribution < -0.4 is 0 Å². The van der Waals surface area contributed by atoms with Gasteiger partial charge in [0.1, 0.15) is 5.82 Å². The topological polar surface area (TPSA) is 3.24 Å². The van der Waals surface area contributed by atoms with Gasteiger partial charge in [-0.3, -0.25) is 0 Å². The van der Waals surface area contributed by atoms with E-state index in [1.807, 2.05) is 12.1 Å². The zero-order chi connectivity index (χ0) is 11.4. The van der Waals surface area contributed by atoms with Gasteiger partial charge >= 0.3 is 0 Å². The lowest BCUT2D eigenvalue weighted by molar-refractivity contribution is 0.192. The zero-order valence-electron chi connectivity index (χ0n) is 9.95. The van der Waals surface area contributed by atoms with Gasteiger partial charge in [0.2, 0.25) is 0 Å². The minimum atomic E-state index is -0.135. The SMILES string of the molecule is CCN1CCC(Cc2ccc(F)cc2)CC1. The Bertz CT molecular complexity index is 312. The molecule has 0 N–H and O–H groups in total. The minimum Gasteiger partial charge on any atom is -0.304 e. The van der Waals surface area contributed by atoms with Gasteiger partial charge in [-0.25, -0.2) is 4.39 Å². The van der Waals surface area contributed by atoms with E-state index in [0.29, 0.717) is 0 Å². The fourth-order valence-electron chi connectivity index (χ4n) is 2.46. The van der Waals surface area contributed by atoms with Gasteiger partial charge in [-0.15, -0.1) is 0 Å². The summed E-state index contributed by atoms with van der Waals surface area (Å²) in [6, 6.07) is 6.97. The van der Waals surface area contributed by atoms with Gasteiger partial charge in [0.05, 0.1) is 0 Å². The van der Waals surface area contributed by atoms with E-state index in [9.17, 15) is 4.39 Å². The molecular weight excluding hydrogens is 201 g/mol. The fourth-order valence-corrected chi connectivity index (χ4v) is 2.46. The van der Waals surface area contributed by atoms with Gasteiger partial charge in [0.25, 0.3) is 0 Å². The summed E-state index contributed by atoms with van der Waals surface area (Å²) < 4.78 is 12.8. The molecule has 0 bridgehead atoms. The highest BCUT2D eigenvalue weighted by molar-refractivity contribution is 5.16. The normalized spacial score (nSPS) is 18.9. The van der Waals surface area contributed by atoms with Crippen molar-refractivity contribution in [3.05, 3.63) is 35.6 Å². The predicted octanol–water partition coefficient (Wildman–Crippen LogP) is 3.10. The molecule has 16 heavy (non-hydrogen) atoms. The van der Waals surface area contributed by atoms with Gasteiger partial charge in [-0.05, 0) is 62.5 Å². The number of nitrogens with zero attached hydrogens (tertiary/aromatic N) is 1. The first-order chi connectivity index (χ1) is 7.78. The third kappa shape index (κ3) is 3.05. The number of hydrogen-bond acceptors (Lipinski definition) is 1. The summed E-state index contributed by atoms with van der Waals surface area (Å²) in [7, 11) is 0. The second-order valence-electron chi connectivity index (χ2n) is 4.71. The molecule has 0 aromatic heterocycles. The Kier molecular flexibility index (Phi) is 3.94. The van der Waals surface area contributed by atoms with Crippen LogP contribution in [0.4, 0.5) is 4.39 Å². The van der Waals surface area contributed by atoms with E-state index in [4.69, 9.17) is 0 Å². The quantitative estimate of drug-likeness (QED) is 0.758. The van der Waals surface area contributed by atoms with Crippen molar-refractivity contribution in [3.63, 3.8) is 0 Å². The van der Waals surface area contributed by atoms with Gasteiger partial charge in [0, 0.05) is 0 Å². The highest BCUT2D eigenvalue weighted by atomic mass is 19.1. The Balaban J connectivity index is 1.84. The van der Waals surface area contributed by atoms with Crippen LogP contribution in [-0.2, 0) is 6.42 Å². The van der Waals surface area contributed by atoms with Crippen molar-refractivity contribution in [1.29, 1.82) is 0 Å². The lowest BCUT2D eigenvalue weighted by Gasteiger charge is -2.31. The van der Waals surface area contributed by atoms with Crippen molar-refractivity contribution in [1.82, 2.24) is 4.90 Å². The maximum atomic E-state index is 12.8. The number of halogens is 1. The van der Waals surface area contributed by atoms with Crippen LogP contribution in [0.3, 0.4) is 0 Å². The molecule has 88 valence electrons. The molecule has 1 aromatic carbocycles. The Morgan fingerprint density at radius 3 is 2.38 bits per heavy atom. The molecule has 1 aromatic rings.